The molecule has 1 aliphatic rings. The van der Waals surface area contributed by atoms with Crippen LogP contribution in [-0.4, -0.2) is 53.7 Å². The van der Waals surface area contributed by atoms with Crippen molar-refractivity contribution in [2.75, 3.05) is 33.9 Å². The van der Waals surface area contributed by atoms with E-state index in [1.807, 2.05) is 18.2 Å². The molecule has 6 nitrogen and oxygen atoms in total. The van der Waals surface area contributed by atoms with Crippen molar-refractivity contribution in [3.05, 3.63) is 36.0 Å². The second-order valence-electron chi connectivity index (χ2n) is 8.02. The highest BCUT2D eigenvalue weighted by molar-refractivity contribution is 5.83. The van der Waals surface area contributed by atoms with Gasteiger partial charge in [-0.15, -0.1) is 0 Å². The lowest BCUT2D eigenvalue weighted by Crippen LogP contribution is -2.30. The summed E-state index contributed by atoms with van der Waals surface area (Å²) in [5.74, 6) is 2.90. The minimum atomic E-state index is 0.598. The Kier molecular flexibility index (Phi) is 6.00. The number of likely N-dealkylation sites (tertiary alicyclic amines) is 1. The lowest BCUT2D eigenvalue weighted by molar-refractivity contribution is 0.199. The van der Waals surface area contributed by atoms with Gasteiger partial charge in [-0.2, -0.15) is 0 Å². The van der Waals surface area contributed by atoms with E-state index in [-0.39, 0.29) is 0 Å². The zero-order chi connectivity index (χ0) is 20.2. The van der Waals surface area contributed by atoms with Crippen molar-refractivity contribution in [2.24, 2.45) is 5.92 Å². The number of rotatable bonds is 7. The molecule has 1 saturated heterocycles. The predicted molar refractivity (Wildman–Crippen MR) is 116 cm³/mol. The monoisotopic (exact) mass is 394 g/mol. The number of piperidine rings is 1. The number of fused-ring (bicyclic) bond motifs is 1. The lowest BCUT2D eigenvalue weighted by atomic mass is 9.93. The molecule has 3 aromatic rings. The number of H-pyrrole nitrogens is 1. The SMILES string of the molecule is COc1cc(OCCCC2CCN(C)CC2)ncc1-c1nc2c(C)cccc2[nH]1. The Morgan fingerprint density at radius 3 is 2.83 bits per heavy atom. The summed E-state index contributed by atoms with van der Waals surface area (Å²) in [5.41, 5.74) is 3.96. The summed E-state index contributed by atoms with van der Waals surface area (Å²) in [7, 11) is 3.87. The number of nitrogens with one attached hydrogen (secondary N) is 1. The van der Waals surface area contributed by atoms with E-state index in [0.29, 0.717) is 18.2 Å². The van der Waals surface area contributed by atoms with Crippen molar-refractivity contribution in [2.45, 2.75) is 32.6 Å². The van der Waals surface area contributed by atoms with Gasteiger partial charge in [0, 0.05) is 12.3 Å². The average Bonchev–Trinajstić information content (AvgIpc) is 3.18. The van der Waals surface area contributed by atoms with Gasteiger partial charge in [0.1, 0.15) is 11.6 Å². The Hall–Kier alpha value is -2.60. The summed E-state index contributed by atoms with van der Waals surface area (Å²) in [6.07, 6.45) is 6.66. The maximum atomic E-state index is 5.90. The van der Waals surface area contributed by atoms with E-state index >= 15 is 0 Å². The van der Waals surface area contributed by atoms with Crippen LogP contribution in [0.1, 0.15) is 31.2 Å². The van der Waals surface area contributed by atoms with Crippen LogP contribution in [0.3, 0.4) is 0 Å². The number of nitrogens with zero attached hydrogens (tertiary/aromatic N) is 3. The summed E-state index contributed by atoms with van der Waals surface area (Å²) in [6.45, 7) is 5.18. The van der Waals surface area contributed by atoms with Gasteiger partial charge in [-0.25, -0.2) is 9.97 Å². The molecule has 2 aromatic heterocycles. The van der Waals surface area contributed by atoms with Gasteiger partial charge in [0.25, 0.3) is 0 Å². The molecule has 0 amide bonds. The molecule has 0 bridgehead atoms. The molecule has 3 heterocycles. The molecule has 1 aliphatic heterocycles. The summed E-state index contributed by atoms with van der Waals surface area (Å²) in [4.78, 5) is 15.0. The fourth-order valence-electron chi connectivity index (χ4n) is 4.05. The predicted octanol–water partition coefficient (Wildman–Crippen LogP) is 4.44. The highest BCUT2D eigenvalue weighted by Gasteiger charge is 2.17. The number of ether oxygens (including phenoxy) is 2. The summed E-state index contributed by atoms with van der Waals surface area (Å²) in [6, 6.07) is 7.97. The number of hydrogen-bond donors (Lipinski definition) is 1. The molecule has 0 spiro atoms. The van der Waals surface area contributed by atoms with E-state index in [1.165, 1.54) is 32.4 Å². The summed E-state index contributed by atoms with van der Waals surface area (Å²) < 4.78 is 11.5. The van der Waals surface area contributed by atoms with Crippen molar-refractivity contribution >= 4 is 11.0 Å². The quantitative estimate of drug-likeness (QED) is 0.600. The molecular weight excluding hydrogens is 364 g/mol. The molecule has 1 N–H and O–H groups in total. The Morgan fingerprint density at radius 2 is 2.07 bits per heavy atom. The molecule has 0 radical (unpaired) electrons. The molecule has 29 heavy (non-hydrogen) atoms. The molecule has 0 saturated carbocycles. The third-order valence-corrected chi connectivity index (χ3v) is 5.88. The molecule has 0 atom stereocenters. The van der Waals surface area contributed by atoms with Crippen molar-refractivity contribution in [1.82, 2.24) is 19.9 Å². The highest BCUT2D eigenvalue weighted by Crippen LogP contribution is 2.32. The third-order valence-electron chi connectivity index (χ3n) is 5.88. The Morgan fingerprint density at radius 1 is 1.24 bits per heavy atom. The van der Waals surface area contributed by atoms with Crippen LogP contribution in [0.4, 0.5) is 0 Å². The second kappa shape index (κ2) is 8.82. The molecular formula is C23H30N4O2. The van der Waals surface area contributed by atoms with Gasteiger partial charge < -0.3 is 19.4 Å². The lowest BCUT2D eigenvalue weighted by Gasteiger charge is -2.28. The van der Waals surface area contributed by atoms with Crippen LogP contribution in [0.25, 0.3) is 22.4 Å². The first-order valence-electron chi connectivity index (χ1n) is 10.4. The maximum Gasteiger partial charge on any atom is 0.216 e. The van der Waals surface area contributed by atoms with Crippen molar-refractivity contribution in [3.8, 4) is 23.0 Å². The fourth-order valence-corrected chi connectivity index (χ4v) is 4.05. The standard InChI is InChI=1S/C23H30N4O2/c1-16-6-4-8-19-22(16)26-23(25-19)18-15-24-21(14-20(18)28-3)29-13-5-7-17-9-11-27(2)12-10-17/h4,6,8,14-15,17H,5,7,9-13H2,1-3H3,(H,25,26). The zero-order valence-electron chi connectivity index (χ0n) is 17.6. The normalized spacial score (nSPS) is 15.7. The Labute approximate surface area is 172 Å². The van der Waals surface area contributed by atoms with Gasteiger partial charge in [-0.1, -0.05) is 12.1 Å². The molecule has 0 unspecified atom stereocenters. The Balaban J connectivity index is 1.39. The van der Waals surface area contributed by atoms with E-state index in [4.69, 9.17) is 14.5 Å². The number of pyridine rings is 1. The van der Waals surface area contributed by atoms with Crippen LogP contribution in [0.15, 0.2) is 30.5 Å². The van der Waals surface area contributed by atoms with Crippen LogP contribution in [0.2, 0.25) is 0 Å². The molecule has 0 aliphatic carbocycles. The Bertz CT molecular complexity index is 961. The largest absolute Gasteiger partial charge is 0.496 e. The number of aryl methyl sites for hydroxylation is 1. The smallest absolute Gasteiger partial charge is 0.216 e. The second-order valence-corrected chi connectivity index (χ2v) is 8.02. The topological polar surface area (TPSA) is 63.3 Å². The van der Waals surface area contributed by atoms with Gasteiger partial charge in [-0.05, 0) is 70.3 Å². The van der Waals surface area contributed by atoms with Gasteiger partial charge in [-0.3, -0.25) is 0 Å². The third kappa shape index (κ3) is 4.53. The van der Waals surface area contributed by atoms with E-state index < -0.39 is 0 Å². The molecule has 4 rings (SSSR count). The van der Waals surface area contributed by atoms with Crippen molar-refractivity contribution in [3.63, 3.8) is 0 Å². The van der Waals surface area contributed by atoms with Crippen molar-refractivity contribution in [1.29, 1.82) is 0 Å². The molecule has 154 valence electrons. The number of benzene rings is 1. The minimum absolute atomic E-state index is 0.598. The van der Waals surface area contributed by atoms with E-state index in [2.05, 4.69) is 34.9 Å². The van der Waals surface area contributed by atoms with Crippen molar-refractivity contribution < 1.29 is 9.47 Å². The number of aromatic amines is 1. The number of hydrogen-bond acceptors (Lipinski definition) is 5. The van der Waals surface area contributed by atoms with Crippen LogP contribution in [0, 0.1) is 12.8 Å². The van der Waals surface area contributed by atoms with Gasteiger partial charge in [0.2, 0.25) is 5.88 Å². The molecule has 1 fully saturated rings. The van der Waals surface area contributed by atoms with Crippen LogP contribution in [0.5, 0.6) is 11.6 Å². The fraction of sp³-hybridized carbons (Fsp3) is 0.478. The molecule has 6 heteroatoms. The van der Waals surface area contributed by atoms with Crippen LogP contribution >= 0.6 is 0 Å². The van der Waals surface area contributed by atoms with Crippen LogP contribution in [-0.2, 0) is 0 Å². The van der Waals surface area contributed by atoms with Gasteiger partial charge >= 0.3 is 0 Å². The first-order chi connectivity index (χ1) is 14.1. The number of methoxy groups -OCH3 is 1. The summed E-state index contributed by atoms with van der Waals surface area (Å²) in [5, 5.41) is 0. The minimum Gasteiger partial charge on any atom is -0.496 e. The van der Waals surface area contributed by atoms with Gasteiger partial charge in [0.05, 0.1) is 30.3 Å². The first kappa shape index (κ1) is 19.7. The maximum absolute atomic E-state index is 5.90. The number of para-hydroxylation sites is 1. The summed E-state index contributed by atoms with van der Waals surface area (Å²) >= 11 is 0. The first-order valence-corrected chi connectivity index (χ1v) is 10.4. The number of imidazole rings is 1. The molecule has 1 aromatic carbocycles. The van der Waals surface area contributed by atoms with Crippen LogP contribution < -0.4 is 9.47 Å². The van der Waals surface area contributed by atoms with Gasteiger partial charge in [0.15, 0.2) is 0 Å². The zero-order valence-corrected chi connectivity index (χ0v) is 17.6. The average molecular weight is 395 g/mol. The van der Waals surface area contributed by atoms with E-state index in [9.17, 15) is 0 Å². The highest BCUT2D eigenvalue weighted by atomic mass is 16.5. The number of aromatic nitrogens is 3. The van der Waals surface area contributed by atoms with E-state index in [1.54, 1.807) is 13.3 Å². The van der Waals surface area contributed by atoms with E-state index in [0.717, 1.165) is 40.3 Å².